The van der Waals surface area contributed by atoms with Crippen LogP contribution in [-0.2, 0) is 4.79 Å². The van der Waals surface area contributed by atoms with Gasteiger partial charge in [0, 0.05) is 6.42 Å². The molecule has 0 amide bonds. The Hall–Kier alpha value is -0.830. The lowest BCUT2D eigenvalue weighted by molar-refractivity contribution is -0.137. The maximum Gasteiger partial charge on any atom is 0.303 e. The molecule has 0 rings (SSSR count). The van der Waals surface area contributed by atoms with Crippen LogP contribution in [0.25, 0.3) is 0 Å². The van der Waals surface area contributed by atoms with E-state index in [-0.39, 0.29) is 18.4 Å². The van der Waals surface area contributed by atoms with Crippen LogP contribution in [0.5, 0.6) is 0 Å². The molecule has 3 atom stereocenters. The summed E-state index contributed by atoms with van der Waals surface area (Å²) in [5.41, 5.74) is 0. The molecule has 0 saturated heterocycles. The number of aliphatic hydroxyl groups is 1. The second-order valence-electron chi connectivity index (χ2n) is 6.29. The molecule has 3 unspecified atom stereocenters. The maximum absolute atomic E-state index is 10.4. The molecule has 21 heavy (non-hydrogen) atoms. The van der Waals surface area contributed by atoms with Gasteiger partial charge >= 0.3 is 5.97 Å². The minimum Gasteiger partial charge on any atom is -0.481 e. The number of aliphatic carboxylic acids is 1. The third kappa shape index (κ3) is 12.6. The lowest BCUT2D eigenvalue weighted by Gasteiger charge is -2.15. The number of carbonyl (C=O) groups is 1. The summed E-state index contributed by atoms with van der Waals surface area (Å²) in [6.07, 6.45) is 12.4. The number of unbranched alkanes of at least 4 members (excludes halogenated alkanes) is 3. The van der Waals surface area contributed by atoms with Crippen LogP contribution in [0, 0.1) is 11.8 Å². The van der Waals surface area contributed by atoms with Crippen molar-refractivity contribution in [1.29, 1.82) is 0 Å². The van der Waals surface area contributed by atoms with Crippen LogP contribution in [0.2, 0.25) is 0 Å². The van der Waals surface area contributed by atoms with E-state index in [4.69, 9.17) is 5.11 Å². The highest BCUT2D eigenvalue weighted by molar-refractivity contribution is 5.66. The van der Waals surface area contributed by atoms with Gasteiger partial charge in [0.25, 0.3) is 0 Å². The van der Waals surface area contributed by atoms with Gasteiger partial charge in [-0.3, -0.25) is 4.79 Å². The number of carboxylic acids is 1. The predicted molar refractivity (Wildman–Crippen MR) is 88.3 cm³/mol. The quantitative estimate of drug-likeness (QED) is 0.379. The van der Waals surface area contributed by atoms with Crippen LogP contribution in [0.4, 0.5) is 0 Å². The largest absolute Gasteiger partial charge is 0.481 e. The fourth-order valence-corrected chi connectivity index (χ4v) is 2.30. The smallest absolute Gasteiger partial charge is 0.303 e. The van der Waals surface area contributed by atoms with Gasteiger partial charge in [-0.2, -0.15) is 0 Å². The number of aliphatic hydroxyl groups excluding tert-OH is 1. The molecular weight excluding hydrogens is 264 g/mol. The Morgan fingerprint density at radius 2 is 1.81 bits per heavy atom. The summed E-state index contributed by atoms with van der Waals surface area (Å²) < 4.78 is 0. The molecule has 0 aromatic heterocycles. The van der Waals surface area contributed by atoms with Gasteiger partial charge in [-0.05, 0) is 37.5 Å². The van der Waals surface area contributed by atoms with E-state index in [1.807, 2.05) is 6.92 Å². The number of carboxylic acid groups (broad SMARTS) is 1. The summed E-state index contributed by atoms with van der Waals surface area (Å²) in [7, 11) is 0. The lowest BCUT2D eigenvalue weighted by Crippen LogP contribution is -2.15. The zero-order valence-corrected chi connectivity index (χ0v) is 14.1. The number of rotatable bonds is 13. The molecule has 0 aromatic rings. The maximum atomic E-state index is 10.4. The predicted octanol–water partition coefficient (Wildman–Crippen LogP) is 4.79. The number of hydrogen-bond donors (Lipinski definition) is 2. The monoisotopic (exact) mass is 298 g/mol. The highest BCUT2D eigenvalue weighted by atomic mass is 16.4. The Morgan fingerprint density at radius 3 is 2.43 bits per heavy atom. The van der Waals surface area contributed by atoms with Crippen molar-refractivity contribution >= 4 is 5.97 Å². The van der Waals surface area contributed by atoms with E-state index in [2.05, 4.69) is 26.0 Å². The van der Waals surface area contributed by atoms with Crippen LogP contribution >= 0.6 is 0 Å². The van der Waals surface area contributed by atoms with E-state index >= 15 is 0 Å². The molecule has 0 aliphatic heterocycles. The Kier molecular flexibility index (Phi) is 12.4. The van der Waals surface area contributed by atoms with Crippen LogP contribution in [0.3, 0.4) is 0 Å². The molecule has 0 heterocycles. The lowest BCUT2D eigenvalue weighted by atomic mass is 9.97. The molecule has 0 aliphatic rings. The van der Waals surface area contributed by atoms with Gasteiger partial charge in [0.15, 0.2) is 0 Å². The Bertz CT molecular complexity index is 286. The molecule has 124 valence electrons. The fourth-order valence-electron chi connectivity index (χ4n) is 2.30. The molecule has 3 nitrogen and oxygen atoms in total. The van der Waals surface area contributed by atoms with Crippen molar-refractivity contribution in [2.75, 3.05) is 0 Å². The van der Waals surface area contributed by atoms with Gasteiger partial charge in [0.05, 0.1) is 6.10 Å². The molecule has 0 radical (unpaired) electrons. The molecular formula is C18H34O3. The van der Waals surface area contributed by atoms with Crippen LogP contribution in [-0.4, -0.2) is 22.3 Å². The average Bonchev–Trinajstić information content (AvgIpc) is 2.45. The Labute approximate surface area is 130 Å². The van der Waals surface area contributed by atoms with Gasteiger partial charge in [0.1, 0.15) is 0 Å². The van der Waals surface area contributed by atoms with Crippen LogP contribution in [0.1, 0.15) is 78.6 Å². The summed E-state index contributed by atoms with van der Waals surface area (Å²) in [5, 5.41) is 18.6. The molecule has 0 aromatic carbocycles. The SMILES string of the molecule is CCC(C)CCCC=CC(C)C(O)CCCCCC(=O)O. The molecule has 0 bridgehead atoms. The fraction of sp³-hybridized carbons (Fsp3) is 0.833. The van der Waals surface area contributed by atoms with Crippen molar-refractivity contribution < 1.29 is 15.0 Å². The van der Waals surface area contributed by atoms with Crippen molar-refractivity contribution in [2.45, 2.75) is 84.7 Å². The number of hydrogen-bond acceptors (Lipinski definition) is 2. The minimum atomic E-state index is -0.732. The zero-order chi connectivity index (χ0) is 16.1. The first-order valence-electron chi connectivity index (χ1n) is 8.53. The van der Waals surface area contributed by atoms with Crippen molar-refractivity contribution in [3.05, 3.63) is 12.2 Å². The third-order valence-electron chi connectivity index (χ3n) is 4.20. The topological polar surface area (TPSA) is 57.5 Å². The highest BCUT2D eigenvalue weighted by Crippen LogP contribution is 2.15. The van der Waals surface area contributed by atoms with Crippen molar-refractivity contribution in [3.8, 4) is 0 Å². The van der Waals surface area contributed by atoms with E-state index in [1.165, 1.54) is 19.3 Å². The van der Waals surface area contributed by atoms with Crippen molar-refractivity contribution in [1.82, 2.24) is 0 Å². The van der Waals surface area contributed by atoms with E-state index in [9.17, 15) is 9.90 Å². The first-order chi connectivity index (χ1) is 9.97. The van der Waals surface area contributed by atoms with Gasteiger partial charge in [-0.1, -0.05) is 58.6 Å². The van der Waals surface area contributed by atoms with Gasteiger partial charge in [-0.15, -0.1) is 0 Å². The molecule has 0 aliphatic carbocycles. The Balaban J connectivity index is 3.64. The summed E-state index contributed by atoms with van der Waals surface area (Å²) in [6, 6.07) is 0. The van der Waals surface area contributed by atoms with Gasteiger partial charge < -0.3 is 10.2 Å². The van der Waals surface area contributed by atoms with E-state index in [0.717, 1.165) is 31.6 Å². The zero-order valence-electron chi connectivity index (χ0n) is 14.1. The molecule has 3 heteroatoms. The summed E-state index contributed by atoms with van der Waals surface area (Å²) in [5.74, 6) is 0.268. The second kappa shape index (κ2) is 12.9. The van der Waals surface area contributed by atoms with Gasteiger partial charge in [0.2, 0.25) is 0 Å². The van der Waals surface area contributed by atoms with Crippen molar-refractivity contribution in [2.24, 2.45) is 11.8 Å². The normalized spacial score (nSPS) is 16.0. The molecule has 0 saturated carbocycles. The third-order valence-corrected chi connectivity index (χ3v) is 4.20. The standard InChI is InChI=1S/C18H34O3/c1-4-15(2)11-7-5-8-12-16(3)17(19)13-9-6-10-14-18(20)21/h8,12,15-17,19H,4-7,9-11,13-14H2,1-3H3,(H,20,21). The van der Waals surface area contributed by atoms with E-state index in [0.29, 0.717) is 6.42 Å². The molecule has 0 spiro atoms. The van der Waals surface area contributed by atoms with E-state index < -0.39 is 5.97 Å². The summed E-state index contributed by atoms with van der Waals surface area (Å²) in [4.78, 5) is 10.4. The van der Waals surface area contributed by atoms with Crippen LogP contribution < -0.4 is 0 Å². The number of allylic oxidation sites excluding steroid dienone is 1. The highest BCUT2D eigenvalue weighted by Gasteiger charge is 2.10. The summed E-state index contributed by atoms with van der Waals surface area (Å²) >= 11 is 0. The van der Waals surface area contributed by atoms with Crippen molar-refractivity contribution in [3.63, 3.8) is 0 Å². The molecule has 2 N–H and O–H groups in total. The average molecular weight is 298 g/mol. The first kappa shape index (κ1) is 20.2. The van der Waals surface area contributed by atoms with Crippen LogP contribution in [0.15, 0.2) is 12.2 Å². The van der Waals surface area contributed by atoms with E-state index in [1.54, 1.807) is 0 Å². The van der Waals surface area contributed by atoms with Gasteiger partial charge in [-0.25, -0.2) is 0 Å². The summed E-state index contributed by atoms with van der Waals surface area (Å²) in [6.45, 7) is 6.57. The second-order valence-corrected chi connectivity index (χ2v) is 6.29. The first-order valence-corrected chi connectivity index (χ1v) is 8.53. The molecule has 0 fully saturated rings. The Morgan fingerprint density at radius 1 is 1.10 bits per heavy atom. The minimum absolute atomic E-state index is 0.188.